The predicted octanol–water partition coefficient (Wildman–Crippen LogP) is 3.19. The maximum absolute atomic E-state index is 11.2. The lowest BCUT2D eigenvalue weighted by molar-refractivity contribution is -0.162. The molecule has 0 saturated carbocycles. The minimum absolute atomic E-state index is 0.0518. The molecular weight excluding hydrogens is 328 g/mol. The highest BCUT2D eigenvalue weighted by atomic mass is 28.4. The number of rotatable bonds is 8. The van der Waals surface area contributed by atoms with Gasteiger partial charge in [-0.1, -0.05) is 13.8 Å². The third-order valence-electron chi connectivity index (χ3n) is 3.33. The fraction of sp³-hybridized carbons (Fsp3) is 0.529. The lowest BCUT2D eigenvalue weighted by atomic mass is 10.1. The number of aromatic hydroxyl groups is 1. The third-order valence-corrected chi connectivity index (χ3v) is 5.92. The Kier molecular flexibility index (Phi) is 6.83. The fourth-order valence-corrected chi connectivity index (χ4v) is 5.53. The molecule has 0 aliphatic heterocycles. The van der Waals surface area contributed by atoms with E-state index in [1.54, 1.807) is 12.1 Å². The van der Waals surface area contributed by atoms with Crippen LogP contribution in [-0.4, -0.2) is 36.6 Å². The Labute approximate surface area is 143 Å². The Morgan fingerprint density at radius 3 is 2.38 bits per heavy atom. The van der Waals surface area contributed by atoms with Gasteiger partial charge in [-0.25, -0.2) is 4.79 Å². The average molecular weight is 354 g/mol. The SMILES string of the molecule is CC(=O)O[C@H](Cc1cc(O[Si](C)(C)CC(C)C)ccc1O)C(=O)O. The summed E-state index contributed by atoms with van der Waals surface area (Å²) in [5, 5.41) is 19.1. The molecule has 0 saturated heterocycles. The fourth-order valence-electron chi connectivity index (χ4n) is 2.71. The van der Waals surface area contributed by atoms with E-state index in [4.69, 9.17) is 14.3 Å². The van der Waals surface area contributed by atoms with Gasteiger partial charge in [-0.15, -0.1) is 0 Å². The Morgan fingerprint density at radius 2 is 1.88 bits per heavy atom. The second kappa shape index (κ2) is 8.19. The van der Waals surface area contributed by atoms with Crippen molar-refractivity contribution < 1.29 is 29.0 Å². The first kappa shape index (κ1) is 20.0. The zero-order chi connectivity index (χ0) is 18.5. The van der Waals surface area contributed by atoms with E-state index in [0.29, 0.717) is 17.2 Å². The minimum Gasteiger partial charge on any atom is -0.544 e. The van der Waals surface area contributed by atoms with Crippen molar-refractivity contribution in [2.24, 2.45) is 5.92 Å². The molecule has 0 radical (unpaired) electrons. The van der Waals surface area contributed by atoms with Gasteiger partial charge in [0.25, 0.3) is 0 Å². The van der Waals surface area contributed by atoms with Gasteiger partial charge in [-0.2, -0.15) is 0 Å². The number of phenols is 1. The van der Waals surface area contributed by atoms with Gasteiger partial charge < -0.3 is 19.4 Å². The molecule has 134 valence electrons. The van der Waals surface area contributed by atoms with Crippen molar-refractivity contribution in [2.75, 3.05) is 0 Å². The quantitative estimate of drug-likeness (QED) is 0.550. The van der Waals surface area contributed by atoms with E-state index in [0.717, 1.165) is 13.0 Å². The molecule has 0 aliphatic rings. The molecule has 2 N–H and O–H groups in total. The van der Waals surface area contributed by atoms with Gasteiger partial charge in [-0.05, 0) is 43.3 Å². The first-order chi connectivity index (χ1) is 11.0. The van der Waals surface area contributed by atoms with Gasteiger partial charge in [0.15, 0.2) is 0 Å². The number of benzene rings is 1. The topological polar surface area (TPSA) is 93.1 Å². The molecule has 0 heterocycles. The molecule has 0 aromatic heterocycles. The molecule has 0 amide bonds. The normalized spacial score (nSPS) is 12.8. The number of aliphatic carboxylic acids is 1. The maximum Gasteiger partial charge on any atom is 0.345 e. The van der Waals surface area contributed by atoms with Gasteiger partial charge in [0.1, 0.15) is 11.5 Å². The monoisotopic (exact) mass is 354 g/mol. The number of carboxylic acid groups (broad SMARTS) is 1. The number of hydrogen-bond acceptors (Lipinski definition) is 5. The molecule has 6 nitrogen and oxygen atoms in total. The number of carbonyl (C=O) groups excluding carboxylic acids is 1. The van der Waals surface area contributed by atoms with Crippen molar-refractivity contribution in [1.29, 1.82) is 0 Å². The molecule has 0 spiro atoms. The average Bonchev–Trinajstić information content (AvgIpc) is 2.39. The predicted molar refractivity (Wildman–Crippen MR) is 92.8 cm³/mol. The lowest BCUT2D eigenvalue weighted by Gasteiger charge is -2.26. The summed E-state index contributed by atoms with van der Waals surface area (Å²) >= 11 is 0. The highest BCUT2D eigenvalue weighted by Gasteiger charge is 2.27. The Bertz CT molecular complexity index is 597. The molecule has 1 aromatic rings. The van der Waals surface area contributed by atoms with Crippen LogP contribution in [0, 0.1) is 5.92 Å². The summed E-state index contributed by atoms with van der Waals surface area (Å²) in [6.07, 6.45) is -1.46. The number of ether oxygens (including phenoxy) is 1. The van der Waals surface area contributed by atoms with E-state index in [-0.39, 0.29) is 12.2 Å². The molecule has 1 rings (SSSR count). The molecule has 0 bridgehead atoms. The maximum atomic E-state index is 11.2. The van der Waals surface area contributed by atoms with E-state index in [2.05, 4.69) is 26.9 Å². The van der Waals surface area contributed by atoms with Crippen molar-refractivity contribution in [3.63, 3.8) is 0 Å². The van der Waals surface area contributed by atoms with Gasteiger partial charge in [0.05, 0.1) is 0 Å². The number of esters is 1. The second-order valence-electron chi connectivity index (χ2n) is 6.89. The highest BCUT2D eigenvalue weighted by molar-refractivity contribution is 6.71. The van der Waals surface area contributed by atoms with Gasteiger partial charge in [0, 0.05) is 18.9 Å². The van der Waals surface area contributed by atoms with Gasteiger partial charge in [0.2, 0.25) is 14.4 Å². The lowest BCUT2D eigenvalue weighted by Crippen LogP contribution is -2.35. The van der Waals surface area contributed by atoms with E-state index in [9.17, 15) is 14.7 Å². The first-order valence-corrected chi connectivity index (χ1v) is 11.0. The van der Waals surface area contributed by atoms with E-state index in [1.807, 2.05) is 0 Å². The molecule has 0 aliphatic carbocycles. The van der Waals surface area contributed by atoms with Crippen molar-refractivity contribution >= 4 is 20.3 Å². The Balaban J connectivity index is 2.96. The van der Waals surface area contributed by atoms with Crippen molar-refractivity contribution in [2.45, 2.75) is 52.4 Å². The van der Waals surface area contributed by atoms with E-state index >= 15 is 0 Å². The van der Waals surface area contributed by atoms with Crippen LogP contribution in [0.4, 0.5) is 0 Å². The van der Waals surface area contributed by atoms with Crippen LogP contribution in [0.25, 0.3) is 0 Å². The number of carbonyl (C=O) groups is 2. The molecule has 1 atom stereocenters. The van der Waals surface area contributed by atoms with Gasteiger partial charge >= 0.3 is 11.9 Å². The Hall–Kier alpha value is -2.02. The summed E-state index contributed by atoms with van der Waals surface area (Å²) in [6.45, 7) is 9.64. The van der Waals surface area contributed by atoms with E-state index in [1.165, 1.54) is 6.07 Å². The zero-order valence-corrected chi connectivity index (χ0v) is 15.8. The first-order valence-electron chi connectivity index (χ1n) is 7.91. The smallest absolute Gasteiger partial charge is 0.345 e. The highest BCUT2D eigenvalue weighted by Crippen LogP contribution is 2.28. The second-order valence-corrected chi connectivity index (χ2v) is 11.0. The number of carboxylic acids is 1. The van der Waals surface area contributed by atoms with Crippen molar-refractivity contribution in [3.8, 4) is 11.5 Å². The number of hydrogen-bond donors (Lipinski definition) is 2. The van der Waals surface area contributed by atoms with Gasteiger partial charge in [-0.3, -0.25) is 4.79 Å². The molecular formula is C17H26O6Si. The van der Waals surface area contributed by atoms with Crippen LogP contribution in [0.1, 0.15) is 26.3 Å². The van der Waals surface area contributed by atoms with Crippen molar-refractivity contribution in [3.05, 3.63) is 23.8 Å². The minimum atomic E-state index is -1.92. The number of phenolic OH excluding ortho intramolecular Hbond substituents is 1. The van der Waals surface area contributed by atoms with Crippen LogP contribution >= 0.6 is 0 Å². The Morgan fingerprint density at radius 1 is 1.25 bits per heavy atom. The summed E-state index contributed by atoms with van der Waals surface area (Å²) in [4.78, 5) is 22.2. The van der Waals surface area contributed by atoms with Crippen molar-refractivity contribution in [1.82, 2.24) is 0 Å². The largest absolute Gasteiger partial charge is 0.544 e. The molecule has 24 heavy (non-hydrogen) atoms. The molecule has 7 heteroatoms. The molecule has 0 unspecified atom stereocenters. The summed E-state index contributed by atoms with van der Waals surface area (Å²) in [6, 6.07) is 5.73. The van der Waals surface area contributed by atoms with Crippen LogP contribution < -0.4 is 4.43 Å². The summed E-state index contributed by atoms with van der Waals surface area (Å²) in [5.74, 6) is -0.884. The molecule has 1 aromatic carbocycles. The zero-order valence-electron chi connectivity index (χ0n) is 14.8. The van der Waals surface area contributed by atoms with E-state index < -0.39 is 26.4 Å². The summed E-state index contributed by atoms with van der Waals surface area (Å²) in [7, 11) is -1.92. The summed E-state index contributed by atoms with van der Waals surface area (Å²) < 4.78 is 10.9. The summed E-state index contributed by atoms with van der Waals surface area (Å²) in [5.41, 5.74) is 0.371. The van der Waals surface area contributed by atoms with Crippen LogP contribution in [0.3, 0.4) is 0 Å². The van der Waals surface area contributed by atoms with Crippen LogP contribution in [0.15, 0.2) is 18.2 Å². The van der Waals surface area contributed by atoms with Crippen LogP contribution in [0.2, 0.25) is 19.1 Å². The third kappa shape index (κ3) is 6.62. The standard InChI is InChI=1S/C17H26O6Si/c1-11(2)10-24(4,5)23-14-6-7-15(19)13(8-14)9-16(17(20)21)22-12(3)18/h6-8,11,16,19H,9-10H2,1-5H3,(H,20,21)/t16-/m1/s1. The van der Waals surface area contributed by atoms with Crippen LogP contribution in [0.5, 0.6) is 11.5 Å². The molecule has 0 fully saturated rings. The van der Waals surface area contributed by atoms with Crippen LogP contribution in [-0.2, 0) is 20.7 Å².